The van der Waals surface area contributed by atoms with Crippen LogP contribution < -0.4 is 5.32 Å². The molecule has 0 bridgehead atoms. The molecule has 5 aromatic rings. The van der Waals surface area contributed by atoms with E-state index < -0.39 is 0 Å². The van der Waals surface area contributed by atoms with Crippen LogP contribution in [0.1, 0.15) is 0 Å². The zero-order valence-corrected chi connectivity index (χ0v) is 18.1. The third-order valence-electron chi connectivity index (χ3n) is 4.86. The first-order chi connectivity index (χ1) is 15.3. The Morgan fingerprint density at radius 3 is 1.94 bits per heavy atom. The molecule has 0 aliphatic carbocycles. The molecular weight excluding hydrogens is 450 g/mol. The van der Waals surface area contributed by atoms with Crippen molar-refractivity contribution in [1.29, 1.82) is 0 Å². The molecule has 2 aromatic heterocycles. The smallest absolute Gasteiger partial charge is 0.227 e. The fourth-order valence-corrected chi connectivity index (χ4v) is 4.10. The van der Waals surface area contributed by atoms with Crippen LogP contribution in [0.4, 0.5) is 11.6 Å². The highest BCUT2D eigenvalue weighted by atomic mass is 79.9. The molecule has 6 heteroatoms. The molecule has 0 spiro atoms. The number of aromatic nitrogens is 4. The summed E-state index contributed by atoms with van der Waals surface area (Å²) in [5.41, 5.74) is 5.92. The first-order valence-corrected chi connectivity index (χ1v) is 10.6. The second-order valence-electron chi connectivity index (χ2n) is 6.90. The van der Waals surface area contributed by atoms with Gasteiger partial charge in [-0.05, 0) is 46.3 Å². The van der Waals surface area contributed by atoms with Crippen molar-refractivity contribution in [3.8, 4) is 28.2 Å². The van der Waals surface area contributed by atoms with Gasteiger partial charge in [0, 0.05) is 29.2 Å². The Hall–Kier alpha value is -3.77. The zero-order valence-electron chi connectivity index (χ0n) is 16.5. The maximum Gasteiger partial charge on any atom is 0.227 e. The highest BCUT2D eigenvalue weighted by molar-refractivity contribution is 9.10. The summed E-state index contributed by atoms with van der Waals surface area (Å²) in [5, 5.41) is 8.18. The monoisotopic (exact) mass is 467 g/mol. The van der Waals surface area contributed by atoms with E-state index in [0.717, 1.165) is 38.4 Å². The minimum Gasteiger partial charge on any atom is -0.324 e. The van der Waals surface area contributed by atoms with Crippen molar-refractivity contribution < 1.29 is 0 Å². The predicted octanol–water partition coefficient (Wildman–Crippen LogP) is 6.50. The SMILES string of the molecule is Brc1c(-c2ccccc2)nn(-c2ccc(Nc3ncccn3)cc2)c1-c1ccccc1. The molecule has 2 heterocycles. The lowest BCUT2D eigenvalue weighted by Crippen LogP contribution is -2.00. The van der Waals surface area contributed by atoms with Gasteiger partial charge in [0.25, 0.3) is 0 Å². The Morgan fingerprint density at radius 1 is 0.677 bits per heavy atom. The Labute approximate surface area is 188 Å². The number of halogens is 1. The number of hydrogen-bond acceptors (Lipinski definition) is 4. The quantitative estimate of drug-likeness (QED) is 0.320. The van der Waals surface area contributed by atoms with Crippen LogP contribution in [0.3, 0.4) is 0 Å². The average Bonchev–Trinajstić information content (AvgIpc) is 3.18. The minimum atomic E-state index is 0.563. The van der Waals surface area contributed by atoms with Crippen LogP contribution >= 0.6 is 15.9 Å². The van der Waals surface area contributed by atoms with Crippen LogP contribution in [0.2, 0.25) is 0 Å². The van der Waals surface area contributed by atoms with Crippen LogP contribution in [0.15, 0.2) is 108 Å². The number of benzene rings is 3. The normalized spacial score (nSPS) is 10.7. The van der Waals surface area contributed by atoms with E-state index in [1.54, 1.807) is 18.5 Å². The molecule has 1 N–H and O–H groups in total. The Kier molecular flexibility index (Phi) is 5.29. The molecule has 0 saturated carbocycles. The third-order valence-corrected chi connectivity index (χ3v) is 5.61. The number of anilines is 2. The van der Waals surface area contributed by atoms with Gasteiger partial charge in [0.1, 0.15) is 5.69 Å². The second kappa shape index (κ2) is 8.53. The summed E-state index contributed by atoms with van der Waals surface area (Å²) >= 11 is 3.82. The van der Waals surface area contributed by atoms with Crippen molar-refractivity contribution in [2.45, 2.75) is 0 Å². The van der Waals surface area contributed by atoms with Crippen molar-refractivity contribution in [3.63, 3.8) is 0 Å². The molecule has 0 aliphatic rings. The summed E-state index contributed by atoms with van der Waals surface area (Å²) in [7, 11) is 0. The fourth-order valence-electron chi connectivity index (χ4n) is 3.39. The standard InChI is InChI=1S/C25H18BrN5/c26-22-23(18-8-3-1-4-9-18)30-31(24(22)19-10-5-2-6-11-19)21-14-12-20(13-15-21)29-25-27-16-7-17-28-25/h1-17H,(H,27,28,29). The van der Waals surface area contributed by atoms with Gasteiger partial charge in [0.2, 0.25) is 5.95 Å². The van der Waals surface area contributed by atoms with Crippen molar-refractivity contribution >= 4 is 27.6 Å². The number of rotatable bonds is 5. The van der Waals surface area contributed by atoms with Gasteiger partial charge in [-0.3, -0.25) is 0 Å². The van der Waals surface area contributed by atoms with E-state index >= 15 is 0 Å². The molecule has 0 unspecified atom stereocenters. The van der Waals surface area contributed by atoms with Crippen molar-refractivity contribution in [2.24, 2.45) is 0 Å². The van der Waals surface area contributed by atoms with Crippen molar-refractivity contribution in [1.82, 2.24) is 19.7 Å². The summed E-state index contributed by atoms with van der Waals surface area (Å²) in [6.45, 7) is 0. The summed E-state index contributed by atoms with van der Waals surface area (Å²) < 4.78 is 2.94. The van der Waals surface area contributed by atoms with E-state index in [-0.39, 0.29) is 0 Å². The number of nitrogens with zero attached hydrogens (tertiary/aromatic N) is 4. The lowest BCUT2D eigenvalue weighted by Gasteiger charge is -2.10. The van der Waals surface area contributed by atoms with Gasteiger partial charge < -0.3 is 5.32 Å². The molecule has 0 aliphatic heterocycles. The number of hydrogen-bond donors (Lipinski definition) is 1. The summed E-state index contributed by atoms with van der Waals surface area (Å²) in [6.07, 6.45) is 3.42. The molecule has 5 nitrogen and oxygen atoms in total. The highest BCUT2D eigenvalue weighted by Gasteiger charge is 2.19. The van der Waals surface area contributed by atoms with Crippen LogP contribution in [0, 0.1) is 0 Å². The number of nitrogens with one attached hydrogen (secondary N) is 1. The van der Waals surface area contributed by atoms with E-state index in [1.165, 1.54) is 0 Å². The van der Waals surface area contributed by atoms with Crippen LogP contribution in [0.25, 0.3) is 28.2 Å². The van der Waals surface area contributed by atoms with Gasteiger partial charge in [-0.1, -0.05) is 60.7 Å². The predicted molar refractivity (Wildman–Crippen MR) is 127 cm³/mol. The van der Waals surface area contributed by atoms with E-state index in [9.17, 15) is 0 Å². The molecule has 0 fully saturated rings. The highest BCUT2D eigenvalue weighted by Crippen LogP contribution is 2.38. The van der Waals surface area contributed by atoms with E-state index in [0.29, 0.717) is 5.95 Å². The van der Waals surface area contributed by atoms with Gasteiger partial charge in [-0.25, -0.2) is 14.6 Å². The van der Waals surface area contributed by atoms with Crippen molar-refractivity contribution in [2.75, 3.05) is 5.32 Å². The van der Waals surface area contributed by atoms with Gasteiger partial charge in [0.15, 0.2) is 0 Å². The Morgan fingerprint density at radius 2 is 1.29 bits per heavy atom. The van der Waals surface area contributed by atoms with Gasteiger partial charge in [-0.2, -0.15) is 5.10 Å². The molecule has 0 amide bonds. The van der Waals surface area contributed by atoms with Gasteiger partial charge in [0.05, 0.1) is 15.9 Å². The molecule has 0 saturated heterocycles. The second-order valence-corrected chi connectivity index (χ2v) is 7.69. The average molecular weight is 468 g/mol. The van der Waals surface area contributed by atoms with E-state index in [2.05, 4.69) is 55.5 Å². The van der Waals surface area contributed by atoms with Crippen molar-refractivity contribution in [3.05, 3.63) is 108 Å². The van der Waals surface area contributed by atoms with Gasteiger partial charge in [-0.15, -0.1) is 0 Å². The first kappa shape index (κ1) is 19.2. The molecule has 0 radical (unpaired) electrons. The van der Waals surface area contributed by atoms with Crippen LogP contribution in [-0.4, -0.2) is 19.7 Å². The topological polar surface area (TPSA) is 55.6 Å². The molecular formula is C25H18BrN5. The summed E-state index contributed by atoms with van der Waals surface area (Å²) in [6, 6.07) is 30.3. The third kappa shape index (κ3) is 3.98. The molecule has 3 aromatic carbocycles. The Balaban J connectivity index is 1.58. The minimum absolute atomic E-state index is 0.563. The zero-order chi connectivity index (χ0) is 21.0. The van der Waals surface area contributed by atoms with Crippen LogP contribution in [-0.2, 0) is 0 Å². The fraction of sp³-hybridized carbons (Fsp3) is 0. The molecule has 0 atom stereocenters. The van der Waals surface area contributed by atoms with E-state index in [4.69, 9.17) is 5.10 Å². The van der Waals surface area contributed by atoms with Crippen LogP contribution in [0.5, 0.6) is 0 Å². The lowest BCUT2D eigenvalue weighted by atomic mass is 10.1. The maximum absolute atomic E-state index is 4.96. The Bertz CT molecular complexity index is 1280. The summed E-state index contributed by atoms with van der Waals surface area (Å²) in [4.78, 5) is 8.42. The molecule has 150 valence electrons. The largest absolute Gasteiger partial charge is 0.324 e. The summed E-state index contributed by atoms with van der Waals surface area (Å²) in [5.74, 6) is 0.563. The molecule has 31 heavy (non-hydrogen) atoms. The molecule has 5 rings (SSSR count). The first-order valence-electron chi connectivity index (χ1n) is 9.83. The van der Waals surface area contributed by atoms with E-state index in [1.807, 2.05) is 65.3 Å². The lowest BCUT2D eigenvalue weighted by molar-refractivity contribution is 0.892. The maximum atomic E-state index is 4.96. The van der Waals surface area contributed by atoms with Gasteiger partial charge >= 0.3 is 0 Å².